The molecule has 44 heavy (non-hydrogen) atoms. The number of aliphatic imine (C=N–C) groups is 1. The number of hydrogen-bond donors (Lipinski definition) is 0. The first-order valence-electron chi connectivity index (χ1n) is 15.1. The summed E-state index contributed by atoms with van der Waals surface area (Å²) in [7, 11) is 0. The molecule has 0 fully saturated rings. The molecule has 1 aliphatic carbocycles. The second kappa shape index (κ2) is 11.3. The molecular weight excluding hydrogens is 538 g/mol. The lowest BCUT2D eigenvalue weighted by molar-refractivity contribution is 0.624. The van der Waals surface area contributed by atoms with Gasteiger partial charge in [0.1, 0.15) is 0 Å². The van der Waals surface area contributed by atoms with E-state index >= 15 is 0 Å². The van der Waals surface area contributed by atoms with Gasteiger partial charge in [-0.25, -0.2) is 9.97 Å². The molecule has 0 saturated carbocycles. The van der Waals surface area contributed by atoms with Crippen molar-refractivity contribution in [2.45, 2.75) is 19.3 Å². The Morgan fingerprint density at radius 2 is 1.36 bits per heavy atom. The summed E-state index contributed by atoms with van der Waals surface area (Å²) in [4.78, 5) is 24.1. The van der Waals surface area contributed by atoms with Crippen molar-refractivity contribution in [2.75, 3.05) is 0 Å². The van der Waals surface area contributed by atoms with Crippen molar-refractivity contribution in [2.24, 2.45) is 10.9 Å². The zero-order valence-electron chi connectivity index (χ0n) is 24.1. The van der Waals surface area contributed by atoms with Gasteiger partial charge in [0.25, 0.3) is 0 Å². The van der Waals surface area contributed by atoms with Crippen LogP contribution in [0.25, 0.3) is 55.8 Å². The van der Waals surface area contributed by atoms with Crippen LogP contribution in [0.15, 0.2) is 139 Å². The standard InChI is InChI=1S/C39H29N5/c1-2-4-13-34-28(9-3-1)21-33-38(44-35-14-6-5-12-32(35)39(33)43-34)27-17-15-26(16-18-27)31-22-36(29-10-7-19-40-24-29)42-37(23-31)30-11-8-20-41-25-30/h1-2,4-8,10-20,22-25,28H,3,9,21H2/b2-1-,13-4-/t28-/m0/s1. The Labute approximate surface area is 256 Å². The Balaban J connectivity index is 1.23. The van der Waals surface area contributed by atoms with Gasteiger partial charge in [0, 0.05) is 64.1 Å². The van der Waals surface area contributed by atoms with Crippen LogP contribution in [0.5, 0.6) is 0 Å². The molecule has 1 aliphatic heterocycles. The van der Waals surface area contributed by atoms with Gasteiger partial charge < -0.3 is 0 Å². The summed E-state index contributed by atoms with van der Waals surface area (Å²) in [6.07, 6.45) is 19.0. The van der Waals surface area contributed by atoms with Gasteiger partial charge in [0.2, 0.25) is 0 Å². The number of hydrogen-bond acceptors (Lipinski definition) is 5. The Bertz CT molecular complexity index is 2020. The van der Waals surface area contributed by atoms with Gasteiger partial charge in [-0.3, -0.25) is 15.0 Å². The third-order valence-electron chi connectivity index (χ3n) is 8.50. The predicted molar refractivity (Wildman–Crippen MR) is 179 cm³/mol. The smallest absolute Gasteiger partial charge is 0.0781 e. The van der Waals surface area contributed by atoms with Crippen molar-refractivity contribution < 1.29 is 0 Å². The largest absolute Gasteiger partial charge is 0.264 e. The Hall–Kier alpha value is -5.55. The molecule has 5 heterocycles. The topological polar surface area (TPSA) is 63.9 Å². The van der Waals surface area contributed by atoms with E-state index in [1.54, 1.807) is 12.4 Å². The van der Waals surface area contributed by atoms with E-state index in [2.05, 4.69) is 94.9 Å². The zero-order valence-corrected chi connectivity index (χ0v) is 24.1. The van der Waals surface area contributed by atoms with Gasteiger partial charge in [0.15, 0.2) is 0 Å². The second-order valence-electron chi connectivity index (χ2n) is 11.3. The molecule has 4 aromatic heterocycles. The molecule has 5 nitrogen and oxygen atoms in total. The number of rotatable bonds is 4. The Morgan fingerprint density at radius 1 is 0.636 bits per heavy atom. The highest BCUT2D eigenvalue weighted by Gasteiger charge is 2.27. The molecule has 210 valence electrons. The maximum absolute atomic E-state index is 5.26. The summed E-state index contributed by atoms with van der Waals surface area (Å²) in [6, 6.07) is 29.4. The summed E-state index contributed by atoms with van der Waals surface area (Å²) in [6.45, 7) is 0. The molecule has 0 amide bonds. The highest BCUT2D eigenvalue weighted by atomic mass is 14.8. The average Bonchev–Trinajstić information content (AvgIpc) is 3.08. The van der Waals surface area contributed by atoms with E-state index in [-0.39, 0.29) is 0 Å². The fourth-order valence-corrected chi connectivity index (χ4v) is 6.26. The van der Waals surface area contributed by atoms with E-state index in [0.29, 0.717) is 5.92 Å². The molecule has 0 radical (unpaired) electrons. The average molecular weight is 568 g/mol. The van der Waals surface area contributed by atoms with E-state index in [1.807, 2.05) is 36.7 Å². The van der Waals surface area contributed by atoms with Crippen LogP contribution in [-0.4, -0.2) is 25.6 Å². The van der Waals surface area contributed by atoms with Crippen molar-refractivity contribution in [3.63, 3.8) is 0 Å². The van der Waals surface area contributed by atoms with Crippen molar-refractivity contribution in [1.29, 1.82) is 0 Å². The van der Waals surface area contributed by atoms with E-state index < -0.39 is 0 Å². The molecule has 0 bridgehead atoms. The number of pyridine rings is 4. The highest BCUT2D eigenvalue weighted by Crippen LogP contribution is 2.42. The number of nitrogens with zero attached hydrogens (tertiary/aromatic N) is 5. The highest BCUT2D eigenvalue weighted by molar-refractivity contribution is 6.06. The number of allylic oxidation sites excluding steroid dienone is 4. The summed E-state index contributed by atoms with van der Waals surface area (Å²) >= 11 is 0. The van der Waals surface area contributed by atoms with Crippen LogP contribution in [-0.2, 0) is 6.42 Å². The minimum absolute atomic E-state index is 0.387. The summed E-state index contributed by atoms with van der Waals surface area (Å²) in [5.74, 6) is 0.387. The SMILES string of the molecule is C1=C\CC[C@H]2Cc3c(-c4ccc(-c5cc(-c6cccnc6)nc(-c6cccnc6)c5)cc4)nc4ccccc4c3N=C2\C=C/1. The monoisotopic (exact) mass is 567 g/mol. The van der Waals surface area contributed by atoms with Crippen molar-refractivity contribution in [1.82, 2.24) is 19.9 Å². The summed E-state index contributed by atoms with van der Waals surface area (Å²) in [5.41, 5.74) is 12.5. The summed E-state index contributed by atoms with van der Waals surface area (Å²) < 4.78 is 0. The van der Waals surface area contributed by atoms with Crippen LogP contribution in [0, 0.1) is 5.92 Å². The molecule has 1 atom stereocenters. The van der Waals surface area contributed by atoms with Crippen LogP contribution < -0.4 is 0 Å². The van der Waals surface area contributed by atoms with Crippen molar-refractivity contribution >= 4 is 22.3 Å². The van der Waals surface area contributed by atoms with Crippen molar-refractivity contribution in [3.8, 4) is 44.9 Å². The molecule has 0 N–H and O–H groups in total. The Kier molecular flexibility index (Phi) is 6.69. The second-order valence-corrected chi connectivity index (χ2v) is 11.3. The molecule has 5 heteroatoms. The predicted octanol–water partition coefficient (Wildman–Crippen LogP) is 9.24. The number of aromatic nitrogens is 4. The van der Waals surface area contributed by atoms with Crippen LogP contribution in [0.3, 0.4) is 0 Å². The van der Waals surface area contributed by atoms with Gasteiger partial charge >= 0.3 is 0 Å². The van der Waals surface area contributed by atoms with Crippen molar-refractivity contribution in [3.05, 3.63) is 140 Å². The summed E-state index contributed by atoms with van der Waals surface area (Å²) in [5, 5.41) is 1.11. The van der Waals surface area contributed by atoms with Crippen LogP contribution >= 0.6 is 0 Å². The molecule has 2 aliphatic rings. The quantitative estimate of drug-likeness (QED) is 0.213. The van der Waals surface area contributed by atoms with Gasteiger partial charge in [-0.05, 0) is 78.9 Å². The first-order chi connectivity index (χ1) is 21.8. The lowest BCUT2D eigenvalue weighted by atomic mass is 9.83. The fourth-order valence-electron chi connectivity index (χ4n) is 6.26. The van der Waals surface area contributed by atoms with E-state index in [9.17, 15) is 0 Å². The van der Waals surface area contributed by atoms with Crippen LogP contribution in [0.4, 0.5) is 5.69 Å². The molecule has 8 rings (SSSR count). The van der Waals surface area contributed by atoms with E-state index in [0.717, 1.165) is 80.8 Å². The van der Waals surface area contributed by atoms with E-state index in [1.165, 1.54) is 11.3 Å². The lowest BCUT2D eigenvalue weighted by Gasteiger charge is -2.26. The van der Waals surface area contributed by atoms with Gasteiger partial charge in [-0.2, -0.15) is 0 Å². The van der Waals surface area contributed by atoms with E-state index in [4.69, 9.17) is 15.0 Å². The minimum atomic E-state index is 0.387. The molecule has 2 aromatic carbocycles. The first kappa shape index (κ1) is 26.1. The maximum atomic E-state index is 5.26. The number of para-hydroxylation sites is 1. The maximum Gasteiger partial charge on any atom is 0.0781 e. The number of fused-ring (bicyclic) bond motifs is 4. The number of benzene rings is 2. The van der Waals surface area contributed by atoms with Gasteiger partial charge in [-0.1, -0.05) is 60.7 Å². The third-order valence-corrected chi connectivity index (χ3v) is 8.50. The minimum Gasteiger partial charge on any atom is -0.264 e. The first-order valence-corrected chi connectivity index (χ1v) is 15.1. The molecule has 0 saturated heterocycles. The molecule has 0 unspecified atom stereocenters. The van der Waals surface area contributed by atoms with Crippen LogP contribution in [0.2, 0.25) is 0 Å². The third kappa shape index (κ3) is 4.92. The molecule has 0 spiro atoms. The normalized spacial score (nSPS) is 17.1. The Morgan fingerprint density at radius 3 is 2.09 bits per heavy atom. The van der Waals surface area contributed by atoms with Gasteiger partial charge in [-0.15, -0.1) is 0 Å². The zero-order chi connectivity index (χ0) is 29.3. The molecular formula is C39H29N5. The fraction of sp³-hybridized carbons (Fsp3) is 0.103. The molecule has 6 aromatic rings. The lowest BCUT2D eigenvalue weighted by Crippen LogP contribution is -2.20. The van der Waals surface area contributed by atoms with Crippen LogP contribution in [0.1, 0.15) is 18.4 Å². The van der Waals surface area contributed by atoms with Gasteiger partial charge in [0.05, 0.1) is 28.3 Å².